The highest BCUT2D eigenvalue weighted by molar-refractivity contribution is 5.89. The molecule has 0 amide bonds. The number of ether oxygens (including phenoxy) is 1. The van der Waals surface area contributed by atoms with E-state index in [1.807, 2.05) is 58.2 Å². The van der Waals surface area contributed by atoms with Gasteiger partial charge in [0.05, 0.1) is 5.92 Å². The largest absolute Gasteiger partial charge is 0.494 e. The first-order chi connectivity index (χ1) is 13.2. The van der Waals surface area contributed by atoms with E-state index >= 15 is 0 Å². The van der Waals surface area contributed by atoms with E-state index in [9.17, 15) is 9.90 Å². The lowest BCUT2D eigenvalue weighted by Gasteiger charge is -2.22. The summed E-state index contributed by atoms with van der Waals surface area (Å²) in [5.74, 6) is -0.346. The summed E-state index contributed by atoms with van der Waals surface area (Å²) in [5.41, 5.74) is 2.47. The minimum Gasteiger partial charge on any atom is -0.494 e. The smallest absolute Gasteiger partial charge is 0.313 e. The summed E-state index contributed by atoms with van der Waals surface area (Å²) in [7, 11) is 0. The van der Waals surface area contributed by atoms with Crippen molar-refractivity contribution in [3.05, 3.63) is 59.8 Å². The summed E-state index contributed by atoms with van der Waals surface area (Å²) >= 11 is 0. The Bertz CT molecular complexity index is 977. The van der Waals surface area contributed by atoms with E-state index in [4.69, 9.17) is 4.74 Å². The zero-order chi connectivity index (χ0) is 20.5. The molecule has 0 radical (unpaired) electrons. The Kier molecular flexibility index (Phi) is 5.50. The molecule has 3 rings (SSSR count). The molecule has 148 valence electrons. The van der Waals surface area contributed by atoms with Gasteiger partial charge in [-0.05, 0) is 63.4 Å². The van der Waals surface area contributed by atoms with E-state index in [2.05, 4.69) is 25.1 Å². The predicted molar refractivity (Wildman–Crippen MR) is 113 cm³/mol. The van der Waals surface area contributed by atoms with E-state index in [1.54, 1.807) is 4.57 Å². The van der Waals surface area contributed by atoms with Crippen LogP contribution in [0.15, 0.2) is 48.7 Å². The highest BCUT2D eigenvalue weighted by Gasteiger charge is 2.23. The molecule has 0 bridgehead atoms. The van der Waals surface area contributed by atoms with E-state index in [0.717, 1.165) is 34.9 Å². The van der Waals surface area contributed by atoms with Gasteiger partial charge in [-0.25, -0.2) is 0 Å². The number of fused-ring (bicyclic) bond motifs is 1. The third-order valence-corrected chi connectivity index (χ3v) is 4.83. The summed E-state index contributed by atoms with van der Waals surface area (Å²) in [5, 5.41) is 12.6. The van der Waals surface area contributed by atoms with Crippen molar-refractivity contribution >= 4 is 16.7 Å². The minimum atomic E-state index is -0.501. The number of aromatic hydroxyl groups is 1. The zero-order valence-electron chi connectivity index (χ0n) is 17.3. The highest BCUT2D eigenvalue weighted by atomic mass is 16.6. The van der Waals surface area contributed by atoms with E-state index in [0.29, 0.717) is 0 Å². The van der Waals surface area contributed by atoms with Crippen molar-refractivity contribution in [2.24, 2.45) is 0 Å². The third kappa shape index (κ3) is 4.22. The van der Waals surface area contributed by atoms with Crippen LogP contribution in [0, 0.1) is 0 Å². The van der Waals surface area contributed by atoms with E-state index in [-0.39, 0.29) is 17.8 Å². The Morgan fingerprint density at radius 3 is 2.43 bits per heavy atom. The van der Waals surface area contributed by atoms with Gasteiger partial charge in [0, 0.05) is 22.7 Å². The molecule has 2 aromatic carbocycles. The number of aryl methyl sites for hydroxylation is 1. The van der Waals surface area contributed by atoms with Crippen molar-refractivity contribution in [3.63, 3.8) is 0 Å². The van der Waals surface area contributed by atoms with Gasteiger partial charge in [0.2, 0.25) is 5.88 Å². The van der Waals surface area contributed by atoms with E-state index < -0.39 is 5.60 Å². The summed E-state index contributed by atoms with van der Waals surface area (Å²) in [6.07, 6.45) is 4.01. The lowest BCUT2D eigenvalue weighted by atomic mass is 10.0. The molecule has 0 fully saturated rings. The first-order valence-electron chi connectivity index (χ1n) is 9.85. The van der Waals surface area contributed by atoms with Crippen LogP contribution in [-0.2, 0) is 16.0 Å². The Labute approximate surface area is 166 Å². The summed E-state index contributed by atoms with van der Waals surface area (Å²) in [6, 6.07) is 13.9. The van der Waals surface area contributed by atoms with Crippen molar-refractivity contribution in [3.8, 4) is 11.6 Å². The number of esters is 1. The van der Waals surface area contributed by atoms with Crippen molar-refractivity contribution in [1.82, 2.24) is 4.57 Å². The average molecular weight is 380 g/mol. The second kappa shape index (κ2) is 7.70. The van der Waals surface area contributed by atoms with Gasteiger partial charge in [-0.2, -0.15) is 0 Å². The maximum absolute atomic E-state index is 12.3. The van der Waals surface area contributed by atoms with Crippen molar-refractivity contribution < 1.29 is 14.6 Å². The number of carbonyl (C=O) groups excluding carboxylic acids is 1. The first kappa shape index (κ1) is 20.0. The van der Waals surface area contributed by atoms with Gasteiger partial charge in [-0.15, -0.1) is 0 Å². The van der Waals surface area contributed by atoms with Crippen LogP contribution in [0.1, 0.15) is 58.1 Å². The van der Waals surface area contributed by atoms with Crippen LogP contribution in [-0.4, -0.2) is 21.2 Å². The number of carbonyl (C=O) groups is 1. The van der Waals surface area contributed by atoms with Crippen LogP contribution in [0.5, 0.6) is 5.88 Å². The van der Waals surface area contributed by atoms with Gasteiger partial charge < -0.3 is 9.84 Å². The molecule has 0 aliphatic rings. The standard InChI is InChI=1S/C24H29NO3/c1-6-7-17-8-9-19-15-25(22(26)21(19)14-17)20-12-10-18(11-13-20)16(2)23(27)28-24(3,4)5/h8-16,26H,6-7H2,1-5H3. The quantitative estimate of drug-likeness (QED) is 0.576. The third-order valence-electron chi connectivity index (χ3n) is 4.83. The van der Waals surface area contributed by atoms with Gasteiger partial charge in [0.25, 0.3) is 0 Å². The molecular weight excluding hydrogens is 350 g/mol. The molecule has 1 unspecified atom stereocenters. The number of nitrogens with zero attached hydrogens (tertiary/aromatic N) is 1. The lowest BCUT2D eigenvalue weighted by Crippen LogP contribution is -2.26. The van der Waals surface area contributed by atoms with Crippen LogP contribution in [0.25, 0.3) is 16.5 Å². The van der Waals surface area contributed by atoms with Gasteiger partial charge in [0.1, 0.15) is 5.60 Å². The molecule has 4 nitrogen and oxygen atoms in total. The summed E-state index contributed by atoms with van der Waals surface area (Å²) in [4.78, 5) is 12.3. The van der Waals surface area contributed by atoms with Gasteiger partial charge in [0.15, 0.2) is 0 Å². The topological polar surface area (TPSA) is 51.5 Å². The van der Waals surface area contributed by atoms with Gasteiger partial charge in [-0.1, -0.05) is 37.6 Å². The predicted octanol–water partition coefficient (Wildman–Crippen LogP) is 5.73. The van der Waals surface area contributed by atoms with Crippen molar-refractivity contribution in [2.45, 2.75) is 59.0 Å². The van der Waals surface area contributed by atoms with Crippen molar-refractivity contribution in [1.29, 1.82) is 0 Å². The molecule has 1 atom stereocenters. The fourth-order valence-corrected chi connectivity index (χ4v) is 3.33. The van der Waals surface area contributed by atoms with E-state index in [1.165, 1.54) is 5.56 Å². The Balaban J connectivity index is 1.87. The normalized spacial score (nSPS) is 12.9. The molecule has 0 aliphatic carbocycles. The lowest BCUT2D eigenvalue weighted by molar-refractivity contribution is -0.156. The van der Waals surface area contributed by atoms with Gasteiger partial charge in [-0.3, -0.25) is 9.36 Å². The first-order valence-corrected chi connectivity index (χ1v) is 9.85. The minimum absolute atomic E-state index is 0.237. The maximum Gasteiger partial charge on any atom is 0.313 e. The Morgan fingerprint density at radius 2 is 1.82 bits per heavy atom. The molecule has 3 aromatic rings. The molecule has 1 aromatic heterocycles. The molecule has 0 aliphatic heterocycles. The van der Waals surface area contributed by atoms with Crippen LogP contribution in [0.4, 0.5) is 0 Å². The zero-order valence-corrected chi connectivity index (χ0v) is 17.3. The number of rotatable bonds is 5. The number of benzene rings is 2. The summed E-state index contributed by atoms with van der Waals surface area (Å²) in [6.45, 7) is 9.60. The molecule has 1 N–H and O–H groups in total. The number of hydrogen-bond donors (Lipinski definition) is 1. The van der Waals surface area contributed by atoms with Crippen LogP contribution >= 0.6 is 0 Å². The van der Waals surface area contributed by atoms with Crippen LogP contribution in [0.3, 0.4) is 0 Å². The van der Waals surface area contributed by atoms with Crippen molar-refractivity contribution in [2.75, 3.05) is 0 Å². The monoisotopic (exact) mass is 379 g/mol. The molecule has 0 saturated heterocycles. The molecule has 1 heterocycles. The second-order valence-electron chi connectivity index (χ2n) is 8.34. The number of hydrogen-bond acceptors (Lipinski definition) is 3. The maximum atomic E-state index is 12.3. The van der Waals surface area contributed by atoms with Crippen LogP contribution < -0.4 is 0 Å². The highest BCUT2D eigenvalue weighted by Crippen LogP contribution is 2.32. The average Bonchev–Trinajstić information content (AvgIpc) is 2.96. The van der Waals surface area contributed by atoms with Gasteiger partial charge >= 0.3 is 5.97 Å². The Hall–Kier alpha value is -2.75. The second-order valence-corrected chi connectivity index (χ2v) is 8.34. The molecular formula is C24H29NO3. The van der Waals surface area contributed by atoms with Crippen LogP contribution in [0.2, 0.25) is 0 Å². The molecule has 4 heteroatoms. The summed E-state index contributed by atoms with van der Waals surface area (Å²) < 4.78 is 7.25. The molecule has 0 spiro atoms. The Morgan fingerprint density at radius 1 is 1.14 bits per heavy atom. The SMILES string of the molecule is CCCc1ccc2cn(-c3ccc(C(C)C(=O)OC(C)(C)C)cc3)c(O)c2c1. The fraction of sp³-hybridized carbons (Fsp3) is 0.375. The molecule has 28 heavy (non-hydrogen) atoms. The number of aromatic nitrogens is 1. The fourth-order valence-electron chi connectivity index (χ4n) is 3.33. The molecule has 0 saturated carbocycles.